The van der Waals surface area contributed by atoms with E-state index in [4.69, 9.17) is 4.74 Å². The average Bonchev–Trinajstić information content (AvgIpc) is 2.33. The summed E-state index contributed by atoms with van der Waals surface area (Å²) >= 11 is 3.60. The predicted molar refractivity (Wildman–Crippen MR) is 42.2 cm³/mol. The fourth-order valence-electron chi connectivity index (χ4n) is 1.05. The highest BCUT2D eigenvalue weighted by Crippen LogP contribution is 2.37. The van der Waals surface area contributed by atoms with Gasteiger partial charge in [-0.2, -0.15) is 0 Å². The molecule has 0 aromatic carbocycles. The van der Waals surface area contributed by atoms with Gasteiger partial charge in [0.05, 0.1) is 13.2 Å². The van der Waals surface area contributed by atoms with E-state index < -0.39 is 0 Å². The fourth-order valence-corrected chi connectivity index (χ4v) is 1.62. The maximum absolute atomic E-state index is 5.09. The van der Waals surface area contributed by atoms with E-state index in [0.29, 0.717) is 0 Å². The Morgan fingerprint density at radius 3 is 2.80 bits per heavy atom. The Kier molecular flexibility index (Phi) is 1.35. The van der Waals surface area contributed by atoms with E-state index in [-0.39, 0.29) is 4.32 Å². The lowest BCUT2D eigenvalue weighted by Gasteiger charge is -2.35. The van der Waals surface area contributed by atoms with Gasteiger partial charge in [-0.25, -0.2) is 0 Å². The molecule has 10 heavy (non-hydrogen) atoms. The molecule has 54 valence electrons. The normalized spacial score (nSPS) is 22.1. The van der Waals surface area contributed by atoms with Crippen molar-refractivity contribution in [3.8, 4) is 0 Å². The van der Waals surface area contributed by atoms with Crippen LogP contribution in [0, 0.1) is 0 Å². The van der Waals surface area contributed by atoms with Crippen molar-refractivity contribution in [2.75, 3.05) is 13.2 Å². The van der Waals surface area contributed by atoms with E-state index in [1.54, 1.807) is 0 Å². The number of H-pyrrole nitrogens is 1. The van der Waals surface area contributed by atoms with E-state index in [1.807, 2.05) is 12.3 Å². The molecule has 1 saturated heterocycles. The average molecular weight is 202 g/mol. The van der Waals surface area contributed by atoms with Crippen LogP contribution in [-0.4, -0.2) is 18.2 Å². The Labute approximate surface area is 67.7 Å². The maximum atomic E-state index is 5.09. The van der Waals surface area contributed by atoms with Gasteiger partial charge in [0, 0.05) is 11.9 Å². The third-order valence-electron chi connectivity index (χ3n) is 1.74. The van der Waals surface area contributed by atoms with Crippen LogP contribution in [0.2, 0.25) is 0 Å². The molecule has 1 aromatic heterocycles. The van der Waals surface area contributed by atoms with Gasteiger partial charge < -0.3 is 9.72 Å². The predicted octanol–water partition coefficient (Wildman–Crippen LogP) is 1.64. The minimum Gasteiger partial charge on any atom is -0.378 e. The summed E-state index contributed by atoms with van der Waals surface area (Å²) in [4.78, 5) is 3.15. The molecular formula is C7H8BrNO. The molecule has 0 radical (unpaired) electrons. The Morgan fingerprint density at radius 1 is 1.60 bits per heavy atom. The molecule has 0 aliphatic carbocycles. The van der Waals surface area contributed by atoms with E-state index in [0.717, 1.165) is 13.2 Å². The number of aromatic nitrogens is 1. The molecule has 1 aliphatic heterocycles. The smallest absolute Gasteiger partial charge is 0.112 e. The van der Waals surface area contributed by atoms with Crippen LogP contribution in [0.5, 0.6) is 0 Å². The van der Waals surface area contributed by atoms with Crippen molar-refractivity contribution in [3.63, 3.8) is 0 Å². The van der Waals surface area contributed by atoms with Crippen LogP contribution in [-0.2, 0) is 9.06 Å². The van der Waals surface area contributed by atoms with Gasteiger partial charge in [0.1, 0.15) is 4.32 Å². The highest BCUT2D eigenvalue weighted by molar-refractivity contribution is 9.09. The Bertz CT molecular complexity index is 216. The van der Waals surface area contributed by atoms with Gasteiger partial charge in [-0.3, -0.25) is 0 Å². The third-order valence-corrected chi connectivity index (χ3v) is 2.63. The molecule has 2 heterocycles. The van der Waals surface area contributed by atoms with Crippen molar-refractivity contribution in [2.24, 2.45) is 0 Å². The number of hydrogen-bond acceptors (Lipinski definition) is 1. The van der Waals surface area contributed by atoms with Gasteiger partial charge in [0.2, 0.25) is 0 Å². The summed E-state index contributed by atoms with van der Waals surface area (Å²) in [6, 6.07) is 4.06. The van der Waals surface area contributed by atoms with Gasteiger partial charge in [-0.05, 0) is 12.1 Å². The molecule has 1 aromatic rings. The Morgan fingerprint density at radius 2 is 2.40 bits per heavy atom. The molecule has 0 bridgehead atoms. The number of alkyl halides is 1. The minimum absolute atomic E-state index is 0.0799. The minimum atomic E-state index is 0.0799. The molecule has 0 amide bonds. The SMILES string of the molecule is BrC1(c2ccc[nH]2)COC1. The number of halogens is 1. The Hall–Kier alpha value is -0.280. The van der Waals surface area contributed by atoms with Crippen LogP contribution >= 0.6 is 15.9 Å². The summed E-state index contributed by atoms with van der Waals surface area (Å²) in [5.41, 5.74) is 1.21. The van der Waals surface area contributed by atoms with E-state index in [2.05, 4.69) is 27.0 Å². The molecular weight excluding hydrogens is 194 g/mol. The van der Waals surface area contributed by atoms with Crippen molar-refractivity contribution in [2.45, 2.75) is 4.32 Å². The van der Waals surface area contributed by atoms with Crippen LogP contribution in [0.3, 0.4) is 0 Å². The topological polar surface area (TPSA) is 25.0 Å². The molecule has 3 heteroatoms. The lowest BCUT2D eigenvalue weighted by Crippen LogP contribution is -2.41. The molecule has 1 fully saturated rings. The number of hydrogen-bond donors (Lipinski definition) is 1. The summed E-state index contributed by atoms with van der Waals surface area (Å²) in [5.74, 6) is 0. The van der Waals surface area contributed by atoms with Crippen LogP contribution in [0.15, 0.2) is 18.3 Å². The first-order valence-electron chi connectivity index (χ1n) is 3.22. The quantitative estimate of drug-likeness (QED) is 0.688. The lowest BCUT2D eigenvalue weighted by atomic mass is 10.0. The van der Waals surface area contributed by atoms with Crippen molar-refractivity contribution >= 4 is 15.9 Å². The van der Waals surface area contributed by atoms with Gasteiger partial charge in [0.15, 0.2) is 0 Å². The highest BCUT2D eigenvalue weighted by Gasteiger charge is 2.38. The van der Waals surface area contributed by atoms with Gasteiger partial charge >= 0.3 is 0 Å². The zero-order valence-corrected chi connectivity index (χ0v) is 7.02. The summed E-state index contributed by atoms with van der Waals surface area (Å²) < 4.78 is 5.17. The molecule has 1 aliphatic rings. The number of rotatable bonds is 1. The van der Waals surface area contributed by atoms with E-state index in [1.165, 1.54) is 5.69 Å². The second-order valence-corrected chi connectivity index (χ2v) is 4.06. The van der Waals surface area contributed by atoms with Gasteiger partial charge in [0.25, 0.3) is 0 Å². The molecule has 0 saturated carbocycles. The lowest BCUT2D eigenvalue weighted by molar-refractivity contribution is -0.00859. The van der Waals surface area contributed by atoms with Crippen molar-refractivity contribution in [3.05, 3.63) is 24.0 Å². The number of ether oxygens (including phenoxy) is 1. The summed E-state index contributed by atoms with van der Waals surface area (Å²) in [7, 11) is 0. The van der Waals surface area contributed by atoms with Crippen molar-refractivity contribution < 1.29 is 4.74 Å². The van der Waals surface area contributed by atoms with Crippen LogP contribution in [0.1, 0.15) is 5.69 Å². The number of nitrogens with one attached hydrogen (secondary N) is 1. The second-order valence-electron chi connectivity index (χ2n) is 2.54. The standard InChI is InChI=1S/C7H8BrNO/c8-7(4-10-5-7)6-2-1-3-9-6/h1-3,9H,4-5H2. The van der Waals surface area contributed by atoms with Crippen LogP contribution in [0.4, 0.5) is 0 Å². The van der Waals surface area contributed by atoms with Crippen molar-refractivity contribution in [1.29, 1.82) is 0 Å². The summed E-state index contributed by atoms with van der Waals surface area (Å²) in [5, 5.41) is 0. The molecule has 0 atom stereocenters. The molecule has 2 rings (SSSR count). The first-order chi connectivity index (χ1) is 4.81. The first kappa shape index (κ1) is 6.43. The fraction of sp³-hybridized carbons (Fsp3) is 0.429. The highest BCUT2D eigenvalue weighted by atomic mass is 79.9. The summed E-state index contributed by atoms with van der Waals surface area (Å²) in [6.45, 7) is 1.54. The zero-order valence-electron chi connectivity index (χ0n) is 5.43. The van der Waals surface area contributed by atoms with Crippen LogP contribution in [0.25, 0.3) is 0 Å². The molecule has 0 spiro atoms. The molecule has 1 N–H and O–H groups in total. The number of aromatic amines is 1. The van der Waals surface area contributed by atoms with Crippen LogP contribution < -0.4 is 0 Å². The third kappa shape index (κ3) is 0.812. The monoisotopic (exact) mass is 201 g/mol. The molecule has 2 nitrogen and oxygen atoms in total. The Balaban J connectivity index is 2.27. The molecule has 0 unspecified atom stereocenters. The maximum Gasteiger partial charge on any atom is 0.112 e. The van der Waals surface area contributed by atoms with Crippen molar-refractivity contribution in [1.82, 2.24) is 4.98 Å². The summed E-state index contributed by atoms with van der Waals surface area (Å²) in [6.07, 6.45) is 1.93. The van der Waals surface area contributed by atoms with E-state index >= 15 is 0 Å². The largest absolute Gasteiger partial charge is 0.378 e. The zero-order chi connectivity index (χ0) is 7.03. The van der Waals surface area contributed by atoms with Gasteiger partial charge in [-0.15, -0.1) is 0 Å². The van der Waals surface area contributed by atoms with Gasteiger partial charge in [-0.1, -0.05) is 15.9 Å². The first-order valence-corrected chi connectivity index (χ1v) is 4.01. The van der Waals surface area contributed by atoms with E-state index in [9.17, 15) is 0 Å². The second kappa shape index (κ2) is 2.10.